The van der Waals surface area contributed by atoms with E-state index in [0.29, 0.717) is 33.5 Å². The van der Waals surface area contributed by atoms with Crippen LogP contribution in [0.1, 0.15) is 5.56 Å². The monoisotopic (exact) mass is 488 g/mol. The van der Waals surface area contributed by atoms with E-state index in [2.05, 4.69) is 20.1 Å². The first-order valence-corrected chi connectivity index (χ1v) is 10.2. The molecule has 0 atom stereocenters. The third-order valence-corrected chi connectivity index (χ3v) is 4.79. The van der Waals surface area contributed by atoms with Crippen molar-refractivity contribution in [3.63, 3.8) is 0 Å². The van der Waals surface area contributed by atoms with Gasteiger partial charge in [0, 0.05) is 16.3 Å². The zero-order chi connectivity index (χ0) is 24.3. The molecule has 1 aromatic heterocycles. The molecule has 0 saturated heterocycles. The van der Waals surface area contributed by atoms with Crippen LogP contribution in [0.25, 0.3) is 17.1 Å². The number of aromatic nitrogens is 3. The van der Waals surface area contributed by atoms with Crippen LogP contribution in [-0.4, -0.2) is 27.2 Å². The Labute approximate surface area is 196 Å². The van der Waals surface area contributed by atoms with Gasteiger partial charge in [-0.1, -0.05) is 11.6 Å². The summed E-state index contributed by atoms with van der Waals surface area (Å²) in [4.78, 5) is 16.4. The summed E-state index contributed by atoms with van der Waals surface area (Å²) < 4.78 is 47.5. The van der Waals surface area contributed by atoms with E-state index in [0.717, 1.165) is 5.56 Å². The molecule has 0 aliphatic carbocycles. The molecule has 4 aromatic rings. The summed E-state index contributed by atoms with van der Waals surface area (Å²) in [6, 6.07) is 16.9. The van der Waals surface area contributed by atoms with Crippen molar-refractivity contribution < 1.29 is 27.4 Å². The van der Waals surface area contributed by atoms with Gasteiger partial charge in [0.05, 0.1) is 5.69 Å². The number of alkyl halides is 3. The van der Waals surface area contributed by atoms with Gasteiger partial charge in [-0.2, -0.15) is 0 Å². The van der Waals surface area contributed by atoms with Gasteiger partial charge in [0.15, 0.2) is 5.82 Å². The molecular weight excluding hydrogens is 473 g/mol. The number of amides is 1. The average molecular weight is 489 g/mol. The van der Waals surface area contributed by atoms with Gasteiger partial charge in [0.1, 0.15) is 17.8 Å². The number of halogens is 4. The highest BCUT2D eigenvalue weighted by Crippen LogP contribution is 2.25. The number of nitrogens with zero attached hydrogens (tertiary/aromatic N) is 3. The zero-order valence-electron chi connectivity index (χ0n) is 17.5. The van der Waals surface area contributed by atoms with Crippen molar-refractivity contribution in [2.24, 2.45) is 0 Å². The molecule has 1 amide bonds. The lowest BCUT2D eigenvalue weighted by molar-refractivity contribution is -0.274. The minimum atomic E-state index is -4.76. The van der Waals surface area contributed by atoms with E-state index in [1.165, 1.54) is 35.3 Å². The molecule has 11 heteroatoms. The SMILES string of the molecule is Cc1cc(Cl)ccc1OC(=O)Nc1ccc(-c2ncn(-c3ccc(OC(F)(F)F)cc3)n2)cc1. The molecule has 1 heterocycles. The molecule has 4 rings (SSSR count). The molecule has 7 nitrogen and oxygen atoms in total. The van der Waals surface area contributed by atoms with Crippen LogP contribution in [0.15, 0.2) is 73.1 Å². The van der Waals surface area contributed by atoms with Gasteiger partial charge in [-0.05, 0) is 79.2 Å². The number of ether oxygens (including phenoxy) is 2. The average Bonchev–Trinajstić information content (AvgIpc) is 3.26. The molecule has 0 aliphatic heterocycles. The van der Waals surface area contributed by atoms with Gasteiger partial charge in [0.2, 0.25) is 0 Å². The highest BCUT2D eigenvalue weighted by Gasteiger charge is 2.31. The largest absolute Gasteiger partial charge is 0.573 e. The van der Waals surface area contributed by atoms with Gasteiger partial charge in [-0.15, -0.1) is 18.3 Å². The maximum Gasteiger partial charge on any atom is 0.573 e. The van der Waals surface area contributed by atoms with Crippen molar-refractivity contribution in [3.05, 3.63) is 83.6 Å². The van der Waals surface area contributed by atoms with Crippen LogP contribution in [-0.2, 0) is 0 Å². The standard InChI is InChI=1S/C23H16ClF3N4O3/c1-14-12-16(24)4-11-20(14)33-22(32)29-17-5-2-15(3-6-17)21-28-13-31(30-21)18-7-9-19(10-8-18)34-23(25,26)27/h2-13H,1H3,(H,29,32). The fourth-order valence-corrected chi connectivity index (χ4v) is 3.22. The van der Waals surface area contributed by atoms with Crippen molar-refractivity contribution >= 4 is 23.4 Å². The van der Waals surface area contributed by atoms with Gasteiger partial charge >= 0.3 is 12.5 Å². The first kappa shape index (κ1) is 23.1. The predicted molar refractivity (Wildman–Crippen MR) is 119 cm³/mol. The third kappa shape index (κ3) is 5.84. The molecule has 0 radical (unpaired) electrons. The second kappa shape index (κ2) is 9.44. The van der Waals surface area contributed by atoms with Crippen molar-refractivity contribution in [1.82, 2.24) is 14.8 Å². The minimum Gasteiger partial charge on any atom is -0.410 e. The normalized spacial score (nSPS) is 11.2. The summed E-state index contributed by atoms with van der Waals surface area (Å²) in [6.07, 6.45) is -3.97. The fraction of sp³-hybridized carbons (Fsp3) is 0.0870. The molecule has 3 aromatic carbocycles. The van der Waals surface area contributed by atoms with E-state index in [1.807, 2.05) is 0 Å². The Morgan fingerprint density at radius 2 is 1.74 bits per heavy atom. The number of benzene rings is 3. The Kier molecular flexibility index (Phi) is 6.42. The quantitative estimate of drug-likeness (QED) is 0.351. The number of anilines is 1. The minimum absolute atomic E-state index is 0.329. The number of hydrogen-bond acceptors (Lipinski definition) is 5. The highest BCUT2D eigenvalue weighted by atomic mass is 35.5. The van der Waals surface area contributed by atoms with E-state index in [-0.39, 0.29) is 5.75 Å². The van der Waals surface area contributed by atoms with E-state index >= 15 is 0 Å². The van der Waals surface area contributed by atoms with E-state index in [9.17, 15) is 18.0 Å². The van der Waals surface area contributed by atoms with Crippen molar-refractivity contribution in [1.29, 1.82) is 0 Å². The van der Waals surface area contributed by atoms with Gasteiger partial charge in [0.25, 0.3) is 0 Å². The first-order chi connectivity index (χ1) is 16.2. The number of carbonyl (C=O) groups is 1. The Morgan fingerprint density at radius 1 is 1.03 bits per heavy atom. The molecule has 0 aliphatic rings. The number of carbonyl (C=O) groups excluding carboxylic acids is 1. The summed E-state index contributed by atoms with van der Waals surface area (Å²) >= 11 is 5.90. The second-order valence-corrected chi connectivity index (χ2v) is 7.49. The van der Waals surface area contributed by atoms with Gasteiger partial charge in [-0.3, -0.25) is 5.32 Å². The maximum absolute atomic E-state index is 12.3. The zero-order valence-corrected chi connectivity index (χ0v) is 18.3. The lowest BCUT2D eigenvalue weighted by Crippen LogP contribution is -2.17. The van der Waals surface area contributed by atoms with Crippen molar-refractivity contribution in [2.45, 2.75) is 13.3 Å². The summed E-state index contributed by atoms with van der Waals surface area (Å²) in [5.41, 5.74) is 2.40. The molecular formula is C23H16ClF3N4O3. The molecule has 0 unspecified atom stereocenters. The molecule has 34 heavy (non-hydrogen) atoms. The lowest BCUT2D eigenvalue weighted by atomic mass is 10.2. The van der Waals surface area contributed by atoms with Crippen LogP contribution in [0.3, 0.4) is 0 Å². The van der Waals surface area contributed by atoms with Crippen LogP contribution < -0.4 is 14.8 Å². The van der Waals surface area contributed by atoms with Gasteiger partial charge < -0.3 is 9.47 Å². The Balaban J connectivity index is 1.40. The molecule has 1 N–H and O–H groups in total. The number of aryl methyl sites for hydroxylation is 1. The fourth-order valence-electron chi connectivity index (χ4n) is 2.99. The summed E-state index contributed by atoms with van der Waals surface area (Å²) in [7, 11) is 0. The van der Waals surface area contributed by atoms with Crippen LogP contribution in [0.4, 0.5) is 23.7 Å². The van der Waals surface area contributed by atoms with E-state index < -0.39 is 12.5 Å². The topological polar surface area (TPSA) is 78.3 Å². The van der Waals surface area contributed by atoms with E-state index in [1.54, 1.807) is 49.4 Å². The second-order valence-electron chi connectivity index (χ2n) is 7.06. The van der Waals surface area contributed by atoms with Crippen LogP contribution >= 0.6 is 11.6 Å². The number of hydrogen-bond donors (Lipinski definition) is 1. The third-order valence-electron chi connectivity index (χ3n) is 4.56. The smallest absolute Gasteiger partial charge is 0.410 e. The summed E-state index contributed by atoms with van der Waals surface area (Å²) in [5.74, 6) is 0.456. The first-order valence-electron chi connectivity index (χ1n) is 9.79. The highest BCUT2D eigenvalue weighted by molar-refractivity contribution is 6.30. The summed E-state index contributed by atoms with van der Waals surface area (Å²) in [6.45, 7) is 1.78. The molecule has 174 valence electrons. The van der Waals surface area contributed by atoms with Crippen LogP contribution in [0, 0.1) is 6.92 Å². The molecule has 0 bridgehead atoms. The molecule has 0 fully saturated rings. The Morgan fingerprint density at radius 3 is 2.38 bits per heavy atom. The lowest BCUT2D eigenvalue weighted by Gasteiger charge is -2.09. The molecule has 0 saturated carbocycles. The Bertz CT molecular complexity index is 1310. The van der Waals surface area contributed by atoms with Crippen molar-refractivity contribution in [3.8, 4) is 28.6 Å². The molecule has 0 spiro atoms. The van der Waals surface area contributed by atoms with Gasteiger partial charge in [-0.25, -0.2) is 14.5 Å². The summed E-state index contributed by atoms with van der Waals surface area (Å²) in [5, 5.41) is 7.51. The number of rotatable bonds is 5. The Hall–Kier alpha value is -4.05. The van der Waals surface area contributed by atoms with Crippen LogP contribution in [0.5, 0.6) is 11.5 Å². The van der Waals surface area contributed by atoms with E-state index in [4.69, 9.17) is 16.3 Å². The number of nitrogens with one attached hydrogen (secondary N) is 1. The van der Waals surface area contributed by atoms with Crippen molar-refractivity contribution in [2.75, 3.05) is 5.32 Å². The maximum atomic E-state index is 12.3. The van der Waals surface area contributed by atoms with Crippen LogP contribution in [0.2, 0.25) is 5.02 Å². The predicted octanol–water partition coefficient (Wildman–Crippen LogP) is 6.41.